The van der Waals surface area contributed by atoms with Gasteiger partial charge in [-0.1, -0.05) is 28.1 Å². The number of benzene rings is 1. The molecule has 102 valence electrons. The van der Waals surface area contributed by atoms with Gasteiger partial charge in [0.2, 0.25) is 0 Å². The van der Waals surface area contributed by atoms with Gasteiger partial charge in [0.25, 0.3) is 0 Å². The van der Waals surface area contributed by atoms with E-state index in [2.05, 4.69) is 15.9 Å². The predicted octanol–water partition coefficient (Wildman–Crippen LogP) is -0.968. The SMILES string of the molecule is CN(CCO)CCO.OB(O)c1ccc(Br)cc1. The van der Waals surface area contributed by atoms with E-state index in [9.17, 15) is 0 Å². The van der Waals surface area contributed by atoms with Gasteiger partial charge in [-0.15, -0.1) is 0 Å². The molecule has 7 heteroatoms. The molecule has 0 saturated carbocycles. The largest absolute Gasteiger partial charge is 0.488 e. The molecule has 0 atom stereocenters. The van der Waals surface area contributed by atoms with Crippen LogP contribution >= 0.6 is 15.9 Å². The van der Waals surface area contributed by atoms with Crippen molar-refractivity contribution in [1.82, 2.24) is 4.90 Å². The lowest BCUT2D eigenvalue weighted by Crippen LogP contribution is -2.29. The van der Waals surface area contributed by atoms with Gasteiger partial charge < -0.3 is 25.2 Å². The highest BCUT2D eigenvalue weighted by atomic mass is 79.9. The third-order valence-electron chi connectivity index (χ3n) is 2.13. The highest BCUT2D eigenvalue weighted by molar-refractivity contribution is 9.10. The lowest BCUT2D eigenvalue weighted by atomic mass is 9.81. The van der Waals surface area contributed by atoms with Crippen molar-refractivity contribution in [2.75, 3.05) is 33.4 Å². The summed E-state index contributed by atoms with van der Waals surface area (Å²) in [6.45, 7) is 1.61. The first-order chi connectivity index (χ1) is 8.51. The van der Waals surface area contributed by atoms with Gasteiger partial charge in [0.05, 0.1) is 13.2 Å². The van der Waals surface area contributed by atoms with Gasteiger partial charge in [0.15, 0.2) is 0 Å². The third-order valence-corrected chi connectivity index (χ3v) is 2.66. The summed E-state index contributed by atoms with van der Waals surface area (Å²) < 4.78 is 0.928. The van der Waals surface area contributed by atoms with Crippen LogP contribution in [0.5, 0.6) is 0 Å². The van der Waals surface area contributed by atoms with Gasteiger partial charge in [0.1, 0.15) is 0 Å². The Morgan fingerprint density at radius 3 is 1.83 bits per heavy atom. The van der Waals surface area contributed by atoms with Crippen LogP contribution in [0.2, 0.25) is 0 Å². The smallest absolute Gasteiger partial charge is 0.423 e. The van der Waals surface area contributed by atoms with Crippen LogP contribution in [-0.2, 0) is 0 Å². The van der Waals surface area contributed by atoms with E-state index in [0.717, 1.165) is 4.47 Å². The minimum atomic E-state index is -1.37. The van der Waals surface area contributed by atoms with Crippen molar-refractivity contribution in [3.05, 3.63) is 28.7 Å². The van der Waals surface area contributed by atoms with E-state index in [1.165, 1.54) is 0 Å². The maximum Gasteiger partial charge on any atom is 0.488 e. The normalized spacial score (nSPS) is 9.94. The number of rotatable bonds is 5. The van der Waals surface area contributed by atoms with Crippen LogP contribution in [0, 0.1) is 0 Å². The average Bonchev–Trinajstić information content (AvgIpc) is 2.31. The van der Waals surface area contributed by atoms with Gasteiger partial charge in [-0.3, -0.25) is 0 Å². The van der Waals surface area contributed by atoms with Gasteiger partial charge in [-0.05, 0) is 24.6 Å². The van der Waals surface area contributed by atoms with E-state index in [-0.39, 0.29) is 13.2 Å². The zero-order valence-electron chi connectivity index (χ0n) is 10.3. The Hall–Kier alpha value is -0.435. The number of likely N-dealkylation sites (N-methyl/N-ethyl adjacent to an activating group) is 1. The molecule has 0 heterocycles. The van der Waals surface area contributed by atoms with Crippen molar-refractivity contribution in [2.45, 2.75) is 0 Å². The first-order valence-electron chi connectivity index (χ1n) is 5.53. The molecule has 1 aromatic rings. The van der Waals surface area contributed by atoms with Crippen LogP contribution in [0.25, 0.3) is 0 Å². The highest BCUT2D eigenvalue weighted by Gasteiger charge is 2.08. The quantitative estimate of drug-likeness (QED) is 0.525. The van der Waals surface area contributed by atoms with E-state index in [1.54, 1.807) is 24.3 Å². The molecule has 0 aromatic heterocycles. The minimum absolute atomic E-state index is 0.163. The highest BCUT2D eigenvalue weighted by Crippen LogP contribution is 2.05. The standard InChI is InChI=1S/C6H6BBrO2.C5H13NO2/c8-6-3-1-5(2-4-6)7(9)10;1-6(2-4-7)3-5-8/h1-4,9-10H;7-8H,2-5H2,1H3. The monoisotopic (exact) mass is 319 g/mol. The molecular formula is C11H19BBrNO4. The zero-order valence-corrected chi connectivity index (χ0v) is 11.9. The molecule has 0 bridgehead atoms. The van der Waals surface area contributed by atoms with E-state index >= 15 is 0 Å². The summed E-state index contributed by atoms with van der Waals surface area (Å²) in [6, 6.07) is 6.81. The van der Waals surface area contributed by atoms with E-state index in [0.29, 0.717) is 18.6 Å². The Morgan fingerprint density at radius 1 is 1.06 bits per heavy atom. The minimum Gasteiger partial charge on any atom is -0.423 e. The molecule has 4 N–H and O–H groups in total. The van der Waals surface area contributed by atoms with Crippen LogP contribution in [0.3, 0.4) is 0 Å². The molecule has 1 rings (SSSR count). The Morgan fingerprint density at radius 2 is 1.50 bits per heavy atom. The average molecular weight is 320 g/mol. The summed E-state index contributed by atoms with van der Waals surface area (Å²) in [5.74, 6) is 0. The number of halogens is 1. The predicted molar refractivity (Wildman–Crippen MR) is 75.6 cm³/mol. The second kappa shape index (κ2) is 10.5. The molecule has 0 aliphatic heterocycles. The first kappa shape index (κ1) is 17.6. The Labute approximate surface area is 116 Å². The van der Waals surface area contributed by atoms with E-state index in [4.69, 9.17) is 20.3 Å². The molecular weight excluding hydrogens is 301 g/mol. The lowest BCUT2D eigenvalue weighted by molar-refractivity contribution is 0.184. The number of nitrogens with zero attached hydrogens (tertiary/aromatic N) is 1. The summed E-state index contributed by atoms with van der Waals surface area (Å²) in [4.78, 5) is 1.86. The molecule has 5 nitrogen and oxygen atoms in total. The number of hydrogen-bond acceptors (Lipinski definition) is 5. The number of hydrogen-bond donors (Lipinski definition) is 4. The lowest BCUT2D eigenvalue weighted by Gasteiger charge is -2.11. The topological polar surface area (TPSA) is 84.2 Å². The second-order valence-electron chi connectivity index (χ2n) is 3.68. The Balaban J connectivity index is 0.000000331. The first-order valence-corrected chi connectivity index (χ1v) is 6.32. The fourth-order valence-corrected chi connectivity index (χ4v) is 1.35. The molecule has 0 radical (unpaired) electrons. The summed E-state index contributed by atoms with van der Waals surface area (Å²) >= 11 is 3.23. The Kier molecular flexibility index (Phi) is 10.2. The fraction of sp³-hybridized carbons (Fsp3) is 0.455. The molecule has 0 amide bonds. The van der Waals surface area contributed by atoms with Gasteiger partial charge in [-0.25, -0.2) is 0 Å². The Bertz CT molecular complexity index is 304. The van der Waals surface area contributed by atoms with Gasteiger partial charge in [-0.2, -0.15) is 0 Å². The van der Waals surface area contributed by atoms with Crippen molar-refractivity contribution in [1.29, 1.82) is 0 Å². The van der Waals surface area contributed by atoms with Crippen LogP contribution in [-0.4, -0.2) is 65.6 Å². The van der Waals surface area contributed by atoms with Crippen LogP contribution in [0.4, 0.5) is 0 Å². The summed E-state index contributed by atoms with van der Waals surface area (Å²) in [6.07, 6.45) is 0. The van der Waals surface area contributed by atoms with Crippen molar-refractivity contribution < 1.29 is 20.3 Å². The molecule has 0 fully saturated rings. The molecule has 0 saturated heterocycles. The van der Waals surface area contributed by atoms with E-state index < -0.39 is 7.12 Å². The molecule has 18 heavy (non-hydrogen) atoms. The summed E-state index contributed by atoms with van der Waals surface area (Å²) in [5, 5.41) is 34.0. The maximum atomic E-state index is 8.65. The summed E-state index contributed by atoms with van der Waals surface area (Å²) in [7, 11) is 0.486. The third kappa shape index (κ3) is 8.63. The maximum absolute atomic E-state index is 8.65. The van der Waals surface area contributed by atoms with E-state index in [1.807, 2.05) is 11.9 Å². The van der Waals surface area contributed by atoms with Crippen LogP contribution in [0.15, 0.2) is 28.7 Å². The number of aliphatic hydroxyl groups excluding tert-OH is 2. The molecule has 1 aromatic carbocycles. The molecule has 0 unspecified atom stereocenters. The molecule has 0 aliphatic carbocycles. The fourth-order valence-electron chi connectivity index (χ4n) is 1.09. The molecule has 0 spiro atoms. The van der Waals surface area contributed by atoms with Gasteiger partial charge in [0, 0.05) is 17.6 Å². The van der Waals surface area contributed by atoms with Crippen molar-refractivity contribution in [2.24, 2.45) is 0 Å². The van der Waals surface area contributed by atoms with Gasteiger partial charge >= 0.3 is 7.12 Å². The second-order valence-corrected chi connectivity index (χ2v) is 4.59. The van der Waals surface area contributed by atoms with Crippen LogP contribution in [0.1, 0.15) is 0 Å². The van der Waals surface area contributed by atoms with Crippen LogP contribution < -0.4 is 5.46 Å². The van der Waals surface area contributed by atoms with Crippen molar-refractivity contribution in [3.63, 3.8) is 0 Å². The van der Waals surface area contributed by atoms with Crippen molar-refractivity contribution >= 4 is 28.5 Å². The summed E-state index contributed by atoms with van der Waals surface area (Å²) in [5.41, 5.74) is 0.503. The zero-order chi connectivity index (χ0) is 14.0. The number of aliphatic hydroxyl groups is 2. The molecule has 0 aliphatic rings. The van der Waals surface area contributed by atoms with Crippen molar-refractivity contribution in [3.8, 4) is 0 Å².